The molecule has 0 unspecified atom stereocenters. The van der Waals surface area contributed by atoms with Crippen LogP contribution in [0.25, 0.3) is 0 Å². The Morgan fingerprint density at radius 3 is 3.07 bits per heavy atom. The Kier molecular flexibility index (Phi) is 1.95. The quantitative estimate of drug-likeness (QED) is 0.670. The van der Waals surface area contributed by atoms with E-state index in [2.05, 4.69) is 17.4 Å². The molecule has 0 saturated carbocycles. The Morgan fingerprint density at radius 2 is 2.07 bits per heavy atom. The SMILES string of the molecule is c1c2c(cc3c1CCCO3)CCNC2. The molecule has 1 aromatic carbocycles. The molecular formula is C12H15NO. The molecule has 2 aliphatic rings. The molecule has 0 atom stereocenters. The summed E-state index contributed by atoms with van der Waals surface area (Å²) < 4.78 is 5.67. The third-order valence-corrected chi connectivity index (χ3v) is 3.12. The summed E-state index contributed by atoms with van der Waals surface area (Å²) in [6.07, 6.45) is 3.49. The minimum Gasteiger partial charge on any atom is -0.493 e. The van der Waals surface area contributed by atoms with E-state index in [9.17, 15) is 0 Å². The molecule has 0 spiro atoms. The van der Waals surface area contributed by atoms with E-state index in [1.54, 1.807) is 0 Å². The van der Waals surface area contributed by atoms with Gasteiger partial charge in [-0.15, -0.1) is 0 Å². The van der Waals surface area contributed by atoms with Crippen molar-refractivity contribution in [2.75, 3.05) is 13.2 Å². The van der Waals surface area contributed by atoms with E-state index in [-0.39, 0.29) is 0 Å². The zero-order valence-electron chi connectivity index (χ0n) is 8.31. The molecule has 0 saturated heterocycles. The van der Waals surface area contributed by atoms with Gasteiger partial charge in [0.1, 0.15) is 5.75 Å². The molecule has 2 heterocycles. The molecule has 2 aliphatic heterocycles. The van der Waals surface area contributed by atoms with Crippen molar-refractivity contribution in [3.8, 4) is 5.75 Å². The molecule has 1 aromatic rings. The van der Waals surface area contributed by atoms with Crippen molar-refractivity contribution in [2.45, 2.75) is 25.8 Å². The fraction of sp³-hybridized carbons (Fsp3) is 0.500. The van der Waals surface area contributed by atoms with Crippen LogP contribution in [0.2, 0.25) is 0 Å². The fourth-order valence-corrected chi connectivity index (χ4v) is 2.34. The van der Waals surface area contributed by atoms with Crippen molar-refractivity contribution < 1.29 is 4.74 Å². The van der Waals surface area contributed by atoms with Gasteiger partial charge in [-0.1, -0.05) is 6.07 Å². The molecule has 3 rings (SSSR count). The van der Waals surface area contributed by atoms with Crippen LogP contribution in [0, 0.1) is 0 Å². The molecule has 0 aliphatic carbocycles. The van der Waals surface area contributed by atoms with Gasteiger partial charge in [0.25, 0.3) is 0 Å². The minimum atomic E-state index is 0.893. The molecule has 74 valence electrons. The molecule has 0 bridgehead atoms. The number of ether oxygens (including phenoxy) is 1. The number of aryl methyl sites for hydroxylation is 1. The third-order valence-electron chi connectivity index (χ3n) is 3.12. The highest BCUT2D eigenvalue weighted by atomic mass is 16.5. The van der Waals surface area contributed by atoms with Gasteiger partial charge < -0.3 is 10.1 Å². The highest BCUT2D eigenvalue weighted by molar-refractivity contribution is 5.44. The molecule has 2 heteroatoms. The lowest BCUT2D eigenvalue weighted by atomic mass is 9.95. The lowest BCUT2D eigenvalue weighted by Gasteiger charge is -2.23. The average molecular weight is 189 g/mol. The van der Waals surface area contributed by atoms with E-state index >= 15 is 0 Å². The lowest BCUT2D eigenvalue weighted by molar-refractivity contribution is 0.287. The maximum absolute atomic E-state index is 5.67. The summed E-state index contributed by atoms with van der Waals surface area (Å²) in [5, 5.41) is 3.41. The van der Waals surface area contributed by atoms with Gasteiger partial charge in [0, 0.05) is 6.54 Å². The third kappa shape index (κ3) is 1.30. The molecule has 0 amide bonds. The zero-order chi connectivity index (χ0) is 9.38. The Hall–Kier alpha value is -1.02. The van der Waals surface area contributed by atoms with Gasteiger partial charge >= 0.3 is 0 Å². The van der Waals surface area contributed by atoms with Crippen LogP contribution in [0.15, 0.2) is 12.1 Å². The van der Waals surface area contributed by atoms with Gasteiger partial charge in [0.05, 0.1) is 6.61 Å². The summed E-state index contributed by atoms with van der Waals surface area (Å²) in [5.41, 5.74) is 4.35. The second-order valence-electron chi connectivity index (χ2n) is 4.11. The number of rotatable bonds is 0. The van der Waals surface area contributed by atoms with E-state index < -0.39 is 0 Å². The minimum absolute atomic E-state index is 0.893. The van der Waals surface area contributed by atoms with Crippen molar-refractivity contribution in [2.24, 2.45) is 0 Å². The van der Waals surface area contributed by atoms with Crippen LogP contribution in [-0.2, 0) is 19.4 Å². The zero-order valence-corrected chi connectivity index (χ0v) is 8.31. The Balaban J connectivity index is 2.06. The van der Waals surface area contributed by atoms with Crippen LogP contribution in [-0.4, -0.2) is 13.2 Å². The molecule has 14 heavy (non-hydrogen) atoms. The standard InChI is InChI=1S/C12H15NO/c1-2-10-6-11-8-13-4-3-9(11)7-12(10)14-5-1/h6-7,13H,1-5,8H2. The Morgan fingerprint density at radius 1 is 1.07 bits per heavy atom. The first-order chi connectivity index (χ1) is 6.93. The number of hydrogen-bond donors (Lipinski definition) is 1. The van der Waals surface area contributed by atoms with Crippen LogP contribution in [0.4, 0.5) is 0 Å². The largest absolute Gasteiger partial charge is 0.493 e. The van der Waals surface area contributed by atoms with Crippen molar-refractivity contribution in [1.29, 1.82) is 0 Å². The number of hydrogen-bond acceptors (Lipinski definition) is 2. The smallest absolute Gasteiger partial charge is 0.122 e. The first-order valence-corrected chi connectivity index (χ1v) is 5.42. The van der Waals surface area contributed by atoms with Crippen LogP contribution >= 0.6 is 0 Å². The second-order valence-corrected chi connectivity index (χ2v) is 4.11. The first-order valence-electron chi connectivity index (χ1n) is 5.42. The van der Waals surface area contributed by atoms with Gasteiger partial charge in [-0.05, 0) is 48.6 Å². The summed E-state index contributed by atoms with van der Waals surface area (Å²) in [6.45, 7) is 3.03. The predicted octanol–water partition coefficient (Wildman–Crippen LogP) is 1.66. The average Bonchev–Trinajstić information content (AvgIpc) is 2.26. The normalized spacial score (nSPS) is 19.4. The molecule has 2 nitrogen and oxygen atoms in total. The van der Waals surface area contributed by atoms with E-state index in [0.717, 1.165) is 31.9 Å². The van der Waals surface area contributed by atoms with E-state index in [1.807, 2.05) is 0 Å². The number of nitrogens with one attached hydrogen (secondary N) is 1. The van der Waals surface area contributed by atoms with Crippen molar-refractivity contribution in [3.05, 3.63) is 28.8 Å². The highest BCUT2D eigenvalue weighted by Gasteiger charge is 2.16. The Bertz CT molecular complexity index is 293. The summed E-state index contributed by atoms with van der Waals surface area (Å²) in [4.78, 5) is 0. The summed E-state index contributed by atoms with van der Waals surface area (Å²) in [6, 6.07) is 4.58. The topological polar surface area (TPSA) is 21.3 Å². The number of fused-ring (bicyclic) bond motifs is 2. The van der Waals surface area contributed by atoms with Gasteiger partial charge in [-0.25, -0.2) is 0 Å². The highest BCUT2D eigenvalue weighted by Crippen LogP contribution is 2.29. The van der Waals surface area contributed by atoms with Crippen LogP contribution < -0.4 is 10.1 Å². The monoisotopic (exact) mass is 189 g/mol. The lowest BCUT2D eigenvalue weighted by Crippen LogP contribution is -2.24. The fourth-order valence-electron chi connectivity index (χ4n) is 2.34. The summed E-state index contributed by atoms with van der Waals surface area (Å²) in [7, 11) is 0. The first kappa shape index (κ1) is 8.30. The van der Waals surface area contributed by atoms with Gasteiger partial charge in [-0.3, -0.25) is 0 Å². The summed E-state index contributed by atoms with van der Waals surface area (Å²) >= 11 is 0. The van der Waals surface area contributed by atoms with Gasteiger partial charge in [0.15, 0.2) is 0 Å². The summed E-state index contributed by atoms with van der Waals surface area (Å²) in [5.74, 6) is 1.14. The van der Waals surface area contributed by atoms with Crippen LogP contribution in [0.5, 0.6) is 5.75 Å². The van der Waals surface area contributed by atoms with E-state index in [4.69, 9.17) is 4.74 Å². The maximum atomic E-state index is 5.67. The Labute approximate surface area is 84.3 Å². The number of benzene rings is 1. The van der Waals surface area contributed by atoms with Crippen molar-refractivity contribution >= 4 is 0 Å². The van der Waals surface area contributed by atoms with Crippen LogP contribution in [0.3, 0.4) is 0 Å². The van der Waals surface area contributed by atoms with Crippen LogP contribution in [0.1, 0.15) is 23.1 Å². The molecule has 1 N–H and O–H groups in total. The maximum Gasteiger partial charge on any atom is 0.122 e. The molecule has 0 radical (unpaired) electrons. The molecular weight excluding hydrogens is 174 g/mol. The van der Waals surface area contributed by atoms with Crippen molar-refractivity contribution in [1.82, 2.24) is 5.32 Å². The van der Waals surface area contributed by atoms with Crippen molar-refractivity contribution in [3.63, 3.8) is 0 Å². The van der Waals surface area contributed by atoms with E-state index in [0.29, 0.717) is 0 Å². The molecule has 0 fully saturated rings. The second kappa shape index (κ2) is 3.28. The van der Waals surface area contributed by atoms with Gasteiger partial charge in [0.2, 0.25) is 0 Å². The van der Waals surface area contributed by atoms with Gasteiger partial charge in [-0.2, -0.15) is 0 Å². The predicted molar refractivity (Wildman–Crippen MR) is 55.7 cm³/mol. The van der Waals surface area contributed by atoms with E-state index in [1.165, 1.54) is 29.5 Å². The molecule has 0 aromatic heterocycles.